The summed E-state index contributed by atoms with van der Waals surface area (Å²) in [6.07, 6.45) is 1.81. The van der Waals surface area contributed by atoms with E-state index in [1.54, 1.807) is 6.20 Å². The molecule has 5 heteroatoms. The van der Waals surface area contributed by atoms with Gasteiger partial charge in [0.2, 0.25) is 0 Å². The fourth-order valence-electron chi connectivity index (χ4n) is 2.11. The Morgan fingerprint density at radius 1 is 1.16 bits per heavy atom. The van der Waals surface area contributed by atoms with Gasteiger partial charge in [0, 0.05) is 26.3 Å². The molecular formula is C14H17N3O2. The van der Waals surface area contributed by atoms with Crippen LogP contribution in [0.5, 0.6) is 11.5 Å². The van der Waals surface area contributed by atoms with Crippen molar-refractivity contribution in [3.05, 3.63) is 41.7 Å². The number of aryl methyl sites for hydroxylation is 1. The first kappa shape index (κ1) is 12.0. The molecule has 1 aromatic carbocycles. The number of rotatable bonds is 4. The summed E-state index contributed by atoms with van der Waals surface area (Å²) in [4.78, 5) is 0. The van der Waals surface area contributed by atoms with E-state index in [1.165, 1.54) is 5.56 Å². The molecule has 0 atom stereocenters. The van der Waals surface area contributed by atoms with Crippen molar-refractivity contribution in [2.75, 3.05) is 13.2 Å². The second kappa shape index (κ2) is 5.32. The fraction of sp³-hybridized carbons (Fsp3) is 0.357. The molecule has 1 aliphatic rings. The summed E-state index contributed by atoms with van der Waals surface area (Å²) in [5.41, 5.74) is 2.35. The van der Waals surface area contributed by atoms with E-state index in [1.807, 2.05) is 29.9 Å². The third-order valence-corrected chi connectivity index (χ3v) is 3.16. The molecule has 3 rings (SSSR count). The molecule has 5 nitrogen and oxygen atoms in total. The van der Waals surface area contributed by atoms with Crippen LogP contribution in [0.25, 0.3) is 0 Å². The number of fused-ring (bicyclic) bond motifs is 1. The maximum Gasteiger partial charge on any atom is 0.161 e. The van der Waals surface area contributed by atoms with Crippen molar-refractivity contribution >= 4 is 0 Å². The summed E-state index contributed by atoms with van der Waals surface area (Å²) in [5, 5.41) is 7.53. The highest BCUT2D eigenvalue weighted by Crippen LogP contribution is 2.30. The molecule has 0 unspecified atom stereocenters. The van der Waals surface area contributed by atoms with E-state index in [0.29, 0.717) is 13.2 Å². The van der Waals surface area contributed by atoms with Crippen LogP contribution in [0.4, 0.5) is 0 Å². The highest BCUT2D eigenvalue weighted by molar-refractivity contribution is 5.43. The molecule has 1 aliphatic heterocycles. The summed E-state index contributed by atoms with van der Waals surface area (Å²) in [6, 6.07) is 8.07. The first-order valence-corrected chi connectivity index (χ1v) is 6.39. The van der Waals surface area contributed by atoms with E-state index in [4.69, 9.17) is 9.47 Å². The van der Waals surface area contributed by atoms with Crippen molar-refractivity contribution in [2.45, 2.75) is 13.1 Å². The molecule has 1 N–H and O–H groups in total. The fourth-order valence-corrected chi connectivity index (χ4v) is 2.11. The molecule has 2 aromatic rings. The molecule has 1 aromatic heterocycles. The van der Waals surface area contributed by atoms with Crippen LogP contribution in [0.3, 0.4) is 0 Å². The lowest BCUT2D eigenvalue weighted by Crippen LogP contribution is -2.17. The van der Waals surface area contributed by atoms with Gasteiger partial charge in [-0.3, -0.25) is 4.68 Å². The molecule has 0 spiro atoms. The molecule has 0 saturated heterocycles. The second-order valence-electron chi connectivity index (χ2n) is 4.53. The van der Waals surface area contributed by atoms with Gasteiger partial charge in [-0.05, 0) is 23.8 Å². The average Bonchev–Trinajstić information content (AvgIpc) is 2.84. The van der Waals surface area contributed by atoms with Gasteiger partial charge in [0.1, 0.15) is 13.2 Å². The largest absolute Gasteiger partial charge is 0.486 e. The van der Waals surface area contributed by atoms with Crippen LogP contribution < -0.4 is 14.8 Å². The Labute approximate surface area is 112 Å². The van der Waals surface area contributed by atoms with Crippen molar-refractivity contribution in [1.82, 2.24) is 15.1 Å². The quantitative estimate of drug-likeness (QED) is 0.903. The number of ether oxygens (including phenoxy) is 2. The van der Waals surface area contributed by atoms with Crippen molar-refractivity contribution in [2.24, 2.45) is 7.05 Å². The van der Waals surface area contributed by atoms with Gasteiger partial charge in [-0.25, -0.2) is 0 Å². The number of benzene rings is 1. The Morgan fingerprint density at radius 2 is 2.00 bits per heavy atom. The Balaban J connectivity index is 1.59. The Hall–Kier alpha value is -2.01. The topological polar surface area (TPSA) is 48.3 Å². The Kier molecular flexibility index (Phi) is 3.37. The lowest BCUT2D eigenvalue weighted by Gasteiger charge is -2.19. The SMILES string of the molecule is Cn1nccc1CNCc1ccc2c(c1)OCCO2. The molecule has 0 bridgehead atoms. The van der Waals surface area contributed by atoms with Crippen molar-refractivity contribution in [3.8, 4) is 11.5 Å². The zero-order valence-corrected chi connectivity index (χ0v) is 10.9. The van der Waals surface area contributed by atoms with E-state index in [-0.39, 0.29) is 0 Å². The molecule has 100 valence electrons. The normalized spacial score (nSPS) is 13.5. The summed E-state index contributed by atoms with van der Waals surface area (Å²) in [6.45, 7) is 2.84. The van der Waals surface area contributed by atoms with Crippen molar-refractivity contribution < 1.29 is 9.47 Å². The summed E-state index contributed by atoms with van der Waals surface area (Å²) in [5.74, 6) is 1.67. The predicted molar refractivity (Wildman–Crippen MR) is 71.2 cm³/mol. The predicted octanol–water partition coefficient (Wildman–Crippen LogP) is 1.48. The monoisotopic (exact) mass is 259 g/mol. The number of nitrogens with one attached hydrogen (secondary N) is 1. The Bertz CT molecular complexity index is 566. The molecule has 0 amide bonds. The van der Waals surface area contributed by atoms with E-state index in [0.717, 1.165) is 30.3 Å². The number of hydrogen-bond donors (Lipinski definition) is 1. The summed E-state index contributed by atoms with van der Waals surface area (Å²) >= 11 is 0. The van der Waals surface area contributed by atoms with Crippen LogP contribution in [0.15, 0.2) is 30.5 Å². The molecule has 2 heterocycles. The third-order valence-electron chi connectivity index (χ3n) is 3.16. The molecule has 19 heavy (non-hydrogen) atoms. The van der Waals surface area contributed by atoms with E-state index in [9.17, 15) is 0 Å². The van der Waals surface area contributed by atoms with Crippen LogP contribution in [-0.4, -0.2) is 23.0 Å². The summed E-state index contributed by atoms with van der Waals surface area (Å²) in [7, 11) is 1.95. The number of nitrogens with zero attached hydrogens (tertiary/aromatic N) is 2. The minimum absolute atomic E-state index is 0.624. The lowest BCUT2D eigenvalue weighted by atomic mass is 10.2. The zero-order chi connectivity index (χ0) is 13.1. The van der Waals surface area contributed by atoms with Crippen molar-refractivity contribution in [1.29, 1.82) is 0 Å². The van der Waals surface area contributed by atoms with Gasteiger partial charge < -0.3 is 14.8 Å². The number of hydrogen-bond acceptors (Lipinski definition) is 4. The van der Waals surface area contributed by atoms with Crippen molar-refractivity contribution in [3.63, 3.8) is 0 Å². The van der Waals surface area contributed by atoms with Crippen LogP contribution in [0.1, 0.15) is 11.3 Å². The van der Waals surface area contributed by atoms with E-state index >= 15 is 0 Å². The van der Waals surface area contributed by atoms with Gasteiger partial charge in [-0.2, -0.15) is 5.10 Å². The molecule has 0 aliphatic carbocycles. The van der Waals surface area contributed by atoms with E-state index < -0.39 is 0 Å². The van der Waals surface area contributed by atoms with Gasteiger partial charge in [0.05, 0.1) is 5.69 Å². The van der Waals surface area contributed by atoms with Gasteiger partial charge in [-0.15, -0.1) is 0 Å². The van der Waals surface area contributed by atoms with Gasteiger partial charge in [0.15, 0.2) is 11.5 Å². The van der Waals surface area contributed by atoms with Gasteiger partial charge >= 0.3 is 0 Å². The maximum absolute atomic E-state index is 5.57. The molecule has 0 saturated carbocycles. The minimum Gasteiger partial charge on any atom is -0.486 e. The first-order valence-electron chi connectivity index (χ1n) is 6.39. The summed E-state index contributed by atoms with van der Waals surface area (Å²) < 4.78 is 12.9. The molecular weight excluding hydrogens is 242 g/mol. The van der Waals surface area contributed by atoms with E-state index in [2.05, 4.69) is 16.5 Å². The first-order chi connectivity index (χ1) is 9.33. The third kappa shape index (κ3) is 2.71. The smallest absolute Gasteiger partial charge is 0.161 e. The average molecular weight is 259 g/mol. The van der Waals surface area contributed by atoms with Gasteiger partial charge in [0.25, 0.3) is 0 Å². The van der Waals surface area contributed by atoms with Crippen LogP contribution in [0, 0.1) is 0 Å². The second-order valence-corrected chi connectivity index (χ2v) is 4.53. The lowest BCUT2D eigenvalue weighted by molar-refractivity contribution is 0.171. The highest BCUT2D eigenvalue weighted by Gasteiger charge is 2.11. The number of aromatic nitrogens is 2. The standard InChI is InChI=1S/C14H17N3O2/c1-17-12(4-5-16-17)10-15-9-11-2-3-13-14(8-11)19-7-6-18-13/h2-5,8,15H,6-7,9-10H2,1H3. The Morgan fingerprint density at radius 3 is 2.79 bits per heavy atom. The van der Waals surface area contributed by atoms with Crippen LogP contribution >= 0.6 is 0 Å². The van der Waals surface area contributed by atoms with Gasteiger partial charge in [-0.1, -0.05) is 6.07 Å². The van der Waals surface area contributed by atoms with Crippen LogP contribution in [0.2, 0.25) is 0 Å². The molecule has 0 fully saturated rings. The highest BCUT2D eigenvalue weighted by atomic mass is 16.6. The molecule has 0 radical (unpaired) electrons. The van der Waals surface area contributed by atoms with Crippen LogP contribution in [-0.2, 0) is 20.1 Å². The zero-order valence-electron chi connectivity index (χ0n) is 10.9. The minimum atomic E-state index is 0.624. The maximum atomic E-state index is 5.57.